The first kappa shape index (κ1) is 8.56. The molecule has 2 rings (SSSR count). The fourth-order valence-corrected chi connectivity index (χ4v) is 1.02. The highest BCUT2D eigenvalue weighted by molar-refractivity contribution is 5.80. The zero-order valence-electron chi connectivity index (χ0n) is 7.54. The van der Waals surface area contributed by atoms with Crippen molar-refractivity contribution in [3.05, 3.63) is 54.5 Å². The van der Waals surface area contributed by atoms with E-state index >= 15 is 0 Å². The van der Waals surface area contributed by atoms with E-state index in [1.165, 1.54) is 0 Å². The van der Waals surface area contributed by atoms with Gasteiger partial charge in [0.25, 0.3) is 0 Å². The topological polar surface area (TPSA) is 38.1 Å². The molecule has 0 N–H and O–H groups in total. The smallest absolute Gasteiger partial charge is 0.151 e. The van der Waals surface area contributed by atoms with Gasteiger partial charge in [0.15, 0.2) is 5.82 Å². The van der Waals surface area contributed by atoms with E-state index in [1.807, 2.05) is 30.3 Å². The second-order valence-electron chi connectivity index (χ2n) is 2.73. The van der Waals surface area contributed by atoms with E-state index in [0.29, 0.717) is 5.82 Å². The highest BCUT2D eigenvalue weighted by Crippen LogP contribution is 2.04. The lowest BCUT2D eigenvalue weighted by Crippen LogP contribution is -1.81. The maximum atomic E-state index is 4.20. The molecule has 0 saturated heterocycles. The highest BCUT2D eigenvalue weighted by Gasteiger charge is 1.87. The van der Waals surface area contributed by atoms with Crippen LogP contribution in [0.15, 0.2) is 53.9 Å². The molecular weight excluding hydrogens is 174 g/mol. The first-order valence-electron chi connectivity index (χ1n) is 4.30. The van der Waals surface area contributed by atoms with Gasteiger partial charge in [0.05, 0.1) is 0 Å². The molecule has 0 aromatic carbocycles. The summed E-state index contributed by atoms with van der Waals surface area (Å²) in [5.74, 6) is 0.705. The van der Waals surface area contributed by atoms with Crippen molar-refractivity contribution in [2.45, 2.75) is 0 Å². The van der Waals surface area contributed by atoms with Gasteiger partial charge in [-0.1, -0.05) is 12.1 Å². The van der Waals surface area contributed by atoms with E-state index < -0.39 is 0 Å². The molecule has 0 aliphatic carbocycles. The molecule has 0 aliphatic rings. The van der Waals surface area contributed by atoms with Crippen LogP contribution >= 0.6 is 0 Å². The maximum Gasteiger partial charge on any atom is 0.151 e. The van der Waals surface area contributed by atoms with Gasteiger partial charge in [-0.05, 0) is 18.2 Å². The predicted molar refractivity (Wildman–Crippen MR) is 55.7 cm³/mol. The van der Waals surface area contributed by atoms with Crippen molar-refractivity contribution >= 4 is 12.0 Å². The molecular formula is C11H9N3. The van der Waals surface area contributed by atoms with E-state index in [1.54, 1.807) is 24.8 Å². The van der Waals surface area contributed by atoms with Crippen molar-refractivity contribution in [1.29, 1.82) is 0 Å². The maximum absolute atomic E-state index is 4.20. The monoisotopic (exact) mass is 183 g/mol. The van der Waals surface area contributed by atoms with Crippen LogP contribution in [0.3, 0.4) is 0 Å². The van der Waals surface area contributed by atoms with Crippen LogP contribution in [0.25, 0.3) is 0 Å². The van der Waals surface area contributed by atoms with Gasteiger partial charge in [-0.2, -0.15) is 0 Å². The first-order chi connectivity index (χ1) is 6.95. The molecule has 14 heavy (non-hydrogen) atoms. The Morgan fingerprint density at radius 3 is 2.79 bits per heavy atom. The van der Waals surface area contributed by atoms with Gasteiger partial charge in [-0.25, -0.2) is 9.98 Å². The van der Waals surface area contributed by atoms with Gasteiger partial charge in [-0.3, -0.25) is 4.98 Å². The molecule has 0 radical (unpaired) electrons. The Morgan fingerprint density at radius 2 is 2.07 bits per heavy atom. The Bertz CT molecular complexity index is 368. The molecule has 3 nitrogen and oxygen atoms in total. The zero-order valence-corrected chi connectivity index (χ0v) is 7.54. The van der Waals surface area contributed by atoms with E-state index in [0.717, 1.165) is 5.56 Å². The van der Waals surface area contributed by atoms with Gasteiger partial charge < -0.3 is 0 Å². The number of hydrogen-bond acceptors (Lipinski definition) is 3. The molecule has 68 valence electrons. The summed E-state index contributed by atoms with van der Waals surface area (Å²) in [5.41, 5.74) is 0.971. The number of nitrogens with zero attached hydrogens (tertiary/aromatic N) is 3. The van der Waals surface area contributed by atoms with Gasteiger partial charge in [0.1, 0.15) is 0 Å². The van der Waals surface area contributed by atoms with Gasteiger partial charge in [-0.15, -0.1) is 0 Å². The summed E-state index contributed by atoms with van der Waals surface area (Å²) < 4.78 is 0. The van der Waals surface area contributed by atoms with E-state index in [2.05, 4.69) is 15.0 Å². The fourth-order valence-electron chi connectivity index (χ4n) is 1.02. The number of pyridine rings is 2. The van der Waals surface area contributed by atoms with Crippen molar-refractivity contribution in [2.75, 3.05) is 0 Å². The Kier molecular flexibility index (Phi) is 2.62. The summed E-state index contributed by atoms with van der Waals surface area (Å²) in [5, 5.41) is 0. The molecule has 2 aromatic heterocycles. The van der Waals surface area contributed by atoms with E-state index in [-0.39, 0.29) is 0 Å². The summed E-state index contributed by atoms with van der Waals surface area (Å²) in [7, 11) is 0. The molecule has 2 aromatic rings. The average Bonchev–Trinajstić information content (AvgIpc) is 2.29. The van der Waals surface area contributed by atoms with Gasteiger partial charge in [0, 0.05) is 30.4 Å². The van der Waals surface area contributed by atoms with Crippen LogP contribution in [0.4, 0.5) is 5.82 Å². The summed E-state index contributed by atoms with van der Waals surface area (Å²) in [4.78, 5) is 12.3. The molecule has 0 bridgehead atoms. The van der Waals surface area contributed by atoms with Crippen LogP contribution in [-0.2, 0) is 0 Å². The molecule has 0 saturated carbocycles. The third-order valence-corrected chi connectivity index (χ3v) is 1.68. The minimum Gasteiger partial charge on any atom is -0.264 e. The quantitative estimate of drug-likeness (QED) is 0.669. The number of aromatic nitrogens is 2. The lowest BCUT2D eigenvalue weighted by Gasteiger charge is -1.91. The lowest BCUT2D eigenvalue weighted by molar-refractivity contribution is 1.27. The minimum atomic E-state index is 0.705. The highest BCUT2D eigenvalue weighted by atomic mass is 14.9. The molecule has 0 amide bonds. The van der Waals surface area contributed by atoms with Crippen molar-refractivity contribution in [1.82, 2.24) is 9.97 Å². The summed E-state index contributed by atoms with van der Waals surface area (Å²) >= 11 is 0. The van der Waals surface area contributed by atoms with Crippen molar-refractivity contribution in [3.63, 3.8) is 0 Å². The zero-order chi connectivity index (χ0) is 9.64. The summed E-state index contributed by atoms with van der Waals surface area (Å²) in [6.45, 7) is 0. The largest absolute Gasteiger partial charge is 0.264 e. The average molecular weight is 183 g/mol. The van der Waals surface area contributed by atoms with Gasteiger partial charge >= 0.3 is 0 Å². The number of aliphatic imine (C=N–C) groups is 1. The van der Waals surface area contributed by atoms with Crippen LogP contribution in [-0.4, -0.2) is 16.2 Å². The molecule has 0 atom stereocenters. The van der Waals surface area contributed by atoms with Crippen molar-refractivity contribution < 1.29 is 0 Å². The van der Waals surface area contributed by atoms with Crippen LogP contribution in [0, 0.1) is 0 Å². The Labute approximate surface area is 82.2 Å². The second kappa shape index (κ2) is 4.28. The summed E-state index contributed by atoms with van der Waals surface area (Å²) in [6, 6.07) is 9.44. The molecule has 0 spiro atoms. The number of rotatable bonds is 2. The lowest BCUT2D eigenvalue weighted by atomic mass is 10.3. The first-order valence-corrected chi connectivity index (χ1v) is 4.30. The third kappa shape index (κ3) is 2.23. The third-order valence-electron chi connectivity index (χ3n) is 1.68. The molecule has 3 heteroatoms. The normalized spacial score (nSPS) is 10.6. The van der Waals surface area contributed by atoms with Crippen molar-refractivity contribution in [3.8, 4) is 0 Å². The molecule has 0 fully saturated rings. The number of hydrogen-bond donors (Lipinski definition) is 0. The van der Waals surface area contributed by atoms with Crippen LogP contribution < -0.4 is 0 Å². The minimum absolute atomic E-state index is 0.705. The fraction of sp³-hybridized carbons (Fsp3) is 0. The van der Waals surface area contributed by atoms with Gasteiger partial charge in [0.2, 0.25) is 0 Å². The Morgan fingerprint density at radius 1 is 1.07 bits per heavy atom. The van der Waals surface area contributed by atoms with E-state index in [9.17, 15) is 0 Å². The second-order valence-corrected chi connectivity index (χ2v) is 2.73. The predicted octanol–water partition coefficient (Wildman–Crippen LogP) is 2.23. The summed E-state index contributed by atoms with van der Waals surface area (Å²) in [6.07, 6.45) is 6.95. The van der Waals surface area contributed by atoms with E-state index in [4.69, 9.17) is 0 Å². The van der Waals surface area contributed by atoms with Crippen LogP contribution in [0.5, 0.6) is 0 Å². The Balaban J connectivity index is 2.16. The van der Waals surface area contributed by atoms with Crippen molar-refractivity contribution in [2.24, 2.45) is 4.99 Å². The standard InChI is InChI=1S/C11H9N3/c1-2-7-13-11(5-1)14-9-10-4-3-6-12-8-10/h1-9H. The molecule has 0 unspecified atom stereocenters. The SMILES string of the molecule is C(=Nc1ccccn1)c1cccnc1. The van der Waals surface area contributed by atoms with Crippen LogP contribution in [0.1, 0.15) is 5.56 Å². The Hall–Kier alpha value is -2.03. The van der Waals surface area contributed by atoms with Crippen LogP contribution in [0.2, 0.25) is 0 Å². The molecule has 0 aliphatic heterocycles. The molecule has 2 heterocycles.